The van der Waals surface area contributed by atoms with E-state index in [4.69, 9.17) is 5.26 Å². The first-order valence-electron chi connectivity index (χ1n) is 4.59. The summed E-state index contributed by atoms with van der Waals surface area (Å²) >= 11 is 0. The Morgan fingerprint density at radius 3 is 2.79 bits per heavy atom. The Kier molecular flexibility index (Phi) is 3.47. The van der Waals surface area contributed by atoms with Gasteiger partial charge in [-0.05, 0) is 31.0 Å². The maximum Gasteiger partial charge on any atom is 0.146 e. The molecule has 74 valence electrons. The summed E-state index contributed by atoms with van der Waals surface area (Å²) in [7, 11) is 0. The van der Waals surface area contributed by atoms with Gasteiger partial charge in [0.05, 0.1) is 11.8 Å². The predicted octanol–water partition coefficient (Wildman–Crippen LogP) is 2.85. The highest BCUT2D eigenvalue weighted by Gasteiger charge is 2.07. The highest BCUT2D eigenvalue weighted by molar-refractivity contribution is 5.47. The third-order valence-corrected chi connectivity index (χ3v) is 2.02. The molecular weight excluding hydrogens is 179 g/mol. The van der Waals surface area contributed by atoms with E-state index in [1.807, 2.05) is 19.9 Å². The van der Waals surface area contributed by atoms with Gasteiger partial charge in [-0.15, -0.1) is 0 Å². The number of benzene rings is 1. The first kappa shape index (κ1) is 10.5. The van der Waals surface area contributed by atoms with Gasteiger partial charge in [-0.25, -0.2) is 4.39 Å². The van der Waals surface area contributed by atoms with Gasteiger partial charge in [-0.2, -0.15) is 5.26 Å². The molecule has 0 fully saturated rings. The molecule has 0 aromatic heterocycles. The predicted molar refractivity (Wildman–Crippen MR) is 54.5 cm³/mol. The molecule has 0 aliphatic heterocycles. The Balaban J connectivity index is 2.82. The van der Waals surface area contributed by atoms with Crippen LogP contribution in [0.4, 0.5) is 10.1 Å². The molecule has 0 aliphatic carbocycles. The summed E-state index contributed by atoms with van der Waals surface area (Å²) in [6.45, 7) is 3.71. The van der Waals surface area contributed by atoms with Crippen molar-refractivity contribution in [3.8, 4) is 6.07 Å². The molecule has 1 aromatic rings. The molecule has 3 heteroatoms. The summed E-state index contributed by atoms with van der Waals surface area (Å²) in [6, 6.07) is 6.66. The van der Waals surface area contributed by atoms with Gasteiger partial charge in [0.25, 0.3) is 0 Å². The van der Waals surface area contributed by atoms with Crippen LogP contribution in [0.2, 0.25) is 0 Å². The largest absolute Gasteiger partial charge is 0.367 e. The van der Waals surface area contributed by atoms with Crippen molar-refractivity contribution in [1.82, 2.24) is 0 Å². The zero-order valence-corrected chi connectivity index (χ0v) is 8.34. The minimum Gasteiger partial charge on any atom is -0.367 e. The van der Waals surface area contributed by atoms with E-state index in [9.17, 15) is 4.39 Å². The smallest absolute Gasteiger partial charge is 0.146 e. The van der Waals surface area contributed by atoms with Crippen molar-refractivity contribution in [3.05, 3.63) is 29.6 Å². The lowest BCUT2D eigenvalue weighted by Gasteiger charge is -2.11. The van der Waals surface area contributed by atoms with Gasteiger partial charge in [0.15, 0.2) is 0 Å². The van der Waals surface area contributed by atoms with Crippen LogP contribution >= 0.6 is 0 Å². The Hall–Kier alpha value is -1.56. The first-order chi connectivity index (χ1) is 6.67. The molecule has 0 radical (unpaired) electrons. The van der Waals surface area contributed by atoms with Crippen molar-refractivity contribution in [3.63, 3.8) is 0 Å². The van der Waals surface area contributed by atoms with E-state index in [1.54, 1.807) is 6.07 Å². The normalized spacial score (nSPS) is 11.9. The van der Waals surface area contributed by atoms with E-state index in [0.29, 0.717) is 12.1 Å². The summed E-state index contributed by atoms with van der Waals surface area (Å²) < 4.78 is 13.3. The van der Waals surface area contributed by atoms with E-state index in [0.717, 1.165) is 5.56 Å². The van der Waals surface area contributed by atoms with Crippen molar-refractivity contribution >= 4 is 5.69 Å². The summed E-state index contributed by atoms with van der Waals surface area (Å²) in [4.78, 5) is 0. The quantitative estimate of drug-likeness (QED) is 0.799. The molecule has 0 amide bonds. The minimum atomic E-state index is -0.327. The third kappa shape index (κ3) is 2.46. The van der Waals surface area contributed by atoms with Crippen LogP contribution in [0.15, 0.2) is 18.2 Å². The zero-order chi connectivity index (χ0) is 10.6. The molecule has 0 heterocycles. The topological polar surface area (TPSA) is 35.8 Å². The molecule has 0 aliphatic rings. The van der Waals surface area contributed by atoms with Gasteiger partial charge in [-0.1, -0.05) is 13.0 Å². The number of nitrogens with one attached hydrogen (secondary N) is 1. The SMILES string of the molecule is CCC(C#N)Nc1ccc(C)cc1F. The summed E-state index contributed by atoms with van der Waals surface area (Å²) in [5, 5.41) is 11.5. The second kappa shape index (κ2) is 4.61. The Morgan fingerprint density at radius 1 is 1.57 bits per heavy atom. The average molecular weight is 192 g/mol. The number of aryl methyl sites for hydroxylation is 1. The molecule has 0 bridgehead atoms. The molecular formula is C11H13FN2. The van der Waals surface area contributed by atoms with Crippen LogP contribution in [0.1, 0.15) is 18.9 Å². The average Bonchev–Trinajstić information content (AvgIpc) is 2.17. The highest BCUT2D eigenvalue weighted by Crippen LogP contribution is 2.16. The minimum absolute atomic E-state index is 0.307. The van der Waals surface area contributed by atoms with Gasteiger partial charge < -0.3 is 5.32 Å². The summed E-state index contributed by atoms with van der Waals surface area (Å²) in [6.07, 6.45) is 0.657. The van der Waals surface area contributed by atoms with Crippen LogP contribution in [-0.4, -0.2) is 6.04 Å². The molecule has 0 saturated heterocycles. The van der Waals surface area contributed by atoms with Gasteiger partial charge in [0.2, 0.25) is 0 Å². The molecule has 1 aromatic carbocycles. The number of rotatable bonds is 3. The number of nitriles is 1. The fourth-order valence-corrected chi connectivity index (χ4v) is 1.15. The molecule has 1 unspecified atom stereocenters. The molecule has 1 atom stereocenters. The van der Waals surface area contributed by atoms with E-state index in [-0.39, 0.29) is 11.9 Å². The summed E-state index contributed by atoms with van der Waals surface area (Å²) in [5.74, 6) is -0.307. The van der Waals surface area contributed by atoms with Crippen LogP contribution in [0.3, 0.4) is 0 Å². The van der Waals surface area contributed by atoms with Crippen LogP contribution < -0.4 is 5.32 Å². The highest BCUT2D eigenvalue weighted by atomic mass is 19.1. The van der Waals surface area contributed by atoms with E-state index in [2.05, 4.69) is 11.4 Å². The van der Waals surface area contributed by atoms with Crippen molar-refractivity contribution in [1.29, 1.82) is 5.26 Å². The molecule has 1 rings (SSSR count). The Morgan fingerprint density at radius 2 is 2.29 bits per heavy atom. The lowest BCUT2D eigenvalue weighted by Crippen LogP contribution is -2.16. The van der Waals surface area contributed by atoms with E-state index in [1.165, 1.54) is 6.07 Å². The first-order valence-corrected chi connectivity index (χ1v) is 4.59. The van der Waals surface area contributed by atoms with Crippen molar-refractivity contribution < 1.29 is 4.39 Å². The van der Waals surface area contributed by atoms with E-state index < -0.39 is 0 Å². The lowest BCUT2D eigenvalue weighted by atomic mass is 10.2. The maximum atomic E-state index is 13.3. The molecule has 0 spiro atoms. The number of halogens is 1. The van der Waals surface area contributed by atoms with Crippen molar-refractivity contribution in [2.24, 2.45) is 0 Å². The number of hydrogen-bond donors (Lipinski definition) is 1. The zero-order valence-electron chi connectivity index (χ0n) is 8.34. The van der Waals surface area contributed by atoms with Crippen molar-refractivity contribution in [2.75, 3.05) is 5.32 Å². The third-order valence-electron chi connectivity index (χ3n) is 2.02. The monoisotopic (exact) mass is 192 g/mol. The number of anilines is 1. The Bertz CT molecular complexity index is 355. The molecule has 1 N–H and O–H groups in total. The van der Waals surface area contributed by atoms with Crippen LogP contribution in [0.5, 0.6) is 0 Å². The molecule has 2 nitrogen and oxygen atoms in total. The van der Waals surface area contributed by atoms with Gasteiger partial charge >= 0.3 is 0 Å². The standard InChI is InChI=1S/C11H13FN2/c1-3-9(7-13)14-11-5-4-8(2)6-10(11)12/h4-6,9,14H,3H2,1-2H3. The van der Waals surface area contributed by atoms with Crippen LogP contribution in [0, 0.1) is 24.1 Å². The molecule has 0 saturated carbocycles. The van der Waals surface area contributed by atoms with E-state index >= 15 is 0 Å². The van der Waals surface area contributed by atoms with Gasteiger partial charge in [0, 0.05) is 0 Å². The second-order valence-corrected chi connectivity index (χ2v) is 3.22. The molecule has 14 heavy (non-hydrogen) atoms. The fourth-order valence-electron chi connectivity index (χ4n) is 1.15. The maximum absolute atomic E-state index is 13.3. The second-order valence-electron chi connectivity index (χ2n) is 3.22. The van der Waals surface area contributed by atoms with Gasteiger partial charge in [-0.3, -0.25) is 0 Å². The van der Waals surface area contributed by atoms with Crippen LogP contribution in [-0.2, 0) is 0 Å². The van der Waals surface area contributed by atoms with Crippen LogP contribution in [0.25, 0.3) is 0 Å². The fraction of sp³-hybridized carbons (Fsp3) is 0.364. The lowest BCUT2D eigenvalue weighted by molar-refractivity contribution is 0.626. The summed E-state index contributed by atoms with van der Waals surface area (Å²) in [5.41, 5.74) is 1.27. The number of nitrogens with zero attached hydrogens (tertiary/aromatic N) is 1. The van der Waals surface area contributed by atoms with Gasteiger partial charge in [0.1, 0.15) is 11.9 Å². The number of hydrogen-bond acceptors (Lipinski definition) is 2. The van der Waals surface area contributed by atoms with Crippen molar-refractivity contribution in [2.45, 2.75) is 26.3 Å². The Labute approximate surface area is 83.4 Å².